The summed E-state index contributed by atoms with van der Waals surface area (Å²) in [6.45, 7) is -0.0109. The highest BCUT2D eigenvalue weighted by Crippen LogP contribution is 2.31. The van der Waals surface area contributed by atoms with E-state index in [1.807, 2.05) is 18.2 Å². The molecule has 0 aliphatic carbocycles. The number of rotatable bonds is 4. The van der Waals surface area contributed by atoms with E-state index in [1.54, 1.807) is 12.1 Å². The molecular weight excluding hydrogens is 330 g/mol. The minimum atomic E-state index is -0.416. The number of nitro benzene ring substituents is 1. The summed E-state index contributed by atoms with van der Waals surface area (Å²) in [5.74, 6) is 0. The van der Waals surface area contributed by atoms with Crippen molar-refractivity contribution in [2.75, 3.05) is 0 Å². The Morgan fingerprint density at radius 1 is 1.16 bits per heavy atom. The SMILES string of the molecule is O=[N+]([O-])c1ccc(Sc2ccc(CO)c(Br)c2)cc1. The zero-order valence-corrected chi connectivity index (χ0v) is 12.1. The number of halogens is 1. The molecule has 0 bridgehead atoms. The Morgan fingerprint density at radius 2 is 1.79 bits per heavy atom. The number of aliphatic hydroxyl groups is 1. The molecule has 2 aromatic rings. The summed E-state index contributed by atoms with van der Waals surface area (Å²) < 4.78 is 0.849. The molecule has 19 heavy (non-hydrogen) atoms. The Balaban J connectivity index is 2.16. The molecule has 2 aromatic carbocycles. The zero-order valence-electron chi connectivity index (χ0n) is 9.75. The number of nitrogens with zero attached hydrogens (tertiary/aromatic N) is 1. The molecule has 0 amide bonds. The Bertz CT molecular complexity index is 601. The molecule has 0 saturated heterocycles. The largest absolute Gasteiger partial charge is 0.392 e. The van der Waals surface area contributed by atoms with E-state index in [0.29, 0.717) is 0 Å². The van der Waals surface area contributed by atoms with Crippen molar-refractivity contribution in [3.05, 3.63) is 62.6 Å². The summed E-state index contributed by atoms with van der Waals surface area (Å²) in [5, 5.41) is 19.6. The van der Waals surface area contributed by atoms with E-state index in [2.05, 4.69) is 15.9 Å². The van der Waals surface area contributed by atoms with Gasteiger partial charge in [0, 0.05) is 26.4 Å². The van der Waals surface area contributed by atoms with E-state index < -0.39 is 4.92 Å². The number of benzene rings is 2. The van der Waals surface area contributed by atoms with Crippen LogP contribution in [0.2, 0.25) is 0 Å². The van der Waals surface area contributed by atoms with Crippen molar-refractivity contribution in [2.45, 2.75) is 16.4 Å². The summed E-state index contributed by atoms with van der Waals surface area (Å²) >= 11 is 4.90. The van der Waals surface area contributed by atoms with E-state index in [9.17, 15) is 10.1 Å². The molecule has 98 valence electrons. The number of non-ortho nitro benzene ring substituents is 1. The average Bonchev–Trinajstić information content (AvgIpc) is 2.39. The van der Waals surface area contributed by atoms with Gasteiger partial charge in [0.1, 0.15) is 0 Å². The van der Waals surface area contributed by atoms with Crippen LogP contribution >= 0.6 is 27.7 Å². The summed E-state index contributed by atoms with van der Waals surface area (Å²) in [5.41, 5.74) is 0.911. The Labute approximate surface area is 122 Å². The summed E-state index contributed by atoms with van der Waals surface area (Å²) in [6, 6.07) is 12.1. The topological polar surface area (TPSA) is 63.4 Å². The predicted molar refractivity (Wildman–Crippen MR) is 77.3 cm³/mol. The van der Waals surface area contributed by atoms with Gasteiger partial charge in [-0.05, 0) is 29.8 Å². The second-order valence-corrected chi connectivity index (χ2v) is 5.77. The number of nitro groups is 1. The fourth-order valence-electron chi connectivity index (χ4n) is 1.49. The molecule has 6 heteroatoms. The Kier molecular flexibility index (Phi) is 4.57. The van der Waals surface area contributed by atoms with E-state index in [0.717, 1.165) is 19.8 Å². The first-order chi connectivity index (χ1) is 9.10. The van der Waals surface area contributed by atoms with Crippen LogP contribution in [0.25, 0.3) is 0 Å². The van der Waals surface area contributed by atoms with E-state index in [-0.39, 0.29) is 12.3 Å². The molecule has 0 fully saturated rings. The lowest BCUT2D eigenvalue weighted by atomic mass is 10.2. The quantitative estimate of drug-likeness (QED) is 0.675. The van der Waals surface area contributed by atoms with Crippen LogP contribution in [0.5, 0.6) is 0 Å². The highest BCUT2D eigenvalue weighted by atomic mass is 79.9. The fourth-order valence-corrected chi connectivity index (χ4v) is 3.00. The summed E-state index contributed by atoms with van der Waals surface area (Å²) in [7, 11) is 0. The van der Waals surface area contributed by atoms with Crippen molar-refractivity contribution in [1.82, 2.24) is 0 Å². The van der Waals surface area contributed by atoms with Gasteiger partial charge in [0.25, 0.3) is 5.69 Å². The van der Waals surface area contributed by atoms with Crippen LogP contribution in [0.15, 0.2) is 56.7 Å². The maximum atomic E-state index is 10.6. The van der Waals surface area contributed by atoms with Crippen molar-refractivity contribution >= 4 is 33.4 Å². The van der Waals surface area contributed by atoms with Crippen LogP contribution in [0.4, 0.5) is 5.69 Å². The molecule has 1 N–H and O–H groups in total. The van der Waals surface area contributed by atoms with Crippen LogP contribution in [0, 0.1) is 10.1 Å². The standard InChI is InChI=1S/C13H10BrNO3S/c14-13-7-12(4-1-9(13)8-16)19-11-5-2-10(3-6-11)15(17)18/h1-7,16H,8H2. The van der Waals surface area contributed by atoms with Crippen LogP contribution < -0.4 is 0 Å². The maximum absolute atomic E-state index is 10.6. The number of hydrogen-bond donors (Lipinski definition) is 1. The smallest absolute Gasteiger partial charge is 0.269 e. The van der Waals surface area contributed by atoms with Crippen LogP contribution in [0.1, 0.15) is 5.56 Å². The van der Waals surface area contributed by atoms with Crippen molar-refractivity contribution in [1.29, 1.82) is 0 Å². The first-order valence-corrected chi connectivity index (χ1v) is 7.02. The molecule has 0 unspecified atom stereocenters. The molecule has 4 nitrogen and oxygen atoms in total. The van der Waals surface area contributed by atoms with Gasteiger partial charge in [0.05, 0.1) is 11.5 Å². The third-order valence-corrected chi connectivity index (χ3v) is 4.21. The molecule has 0 aliphatic rings. The molecular formula is C13H10BrNO3S. The molecule has 0 aliphatic heterocycles. The Hall–Kier alpha value is -1.37. The van der Waals surface area contributed by atoms with Gasteiger partial charge in [-0.1, -0.05) is 33.8 Å². The minimum Gasteiger partial charge on any atom is -0.392 e. The van der Waals surface area contributed by atoms with Crippen LogP contribution in [-0.2, 0) is 6.61 Å². The second kappa shape index (κ2) is 6.18. The Morgan fingerprint density at radius 3 is 2.32 bits per heavy atom. The lowest BCUT2D eigenvalue weighted by Crippen LogP contribution is -1.87. The van der Waals surface area contributed by atoms with E-state index >= 15 is 0 Å². The van der Waals surface area contributed by atoms with Crippen LogP contribution in [-0.4, -0.2) is 10.0 Å². The predicted octanol–water partition coefficient (Wildman–Crippen LogP) is 4.00. The van der Waals surface area contributed by atoms with Gasteiger partial charge in [0.2, 0.25) is 0 Å². The first-order valence-electron chi connectivity index (χ1n) is 5.42. The van der Waals surface area contributed by atoms with E-state index in [4.69, 9.17) is 5.11 Å². The number of aliphatic hydroxyl groups excluding tert-OH is 1. The monoisotopic (exact) mass is 339 g/mol. The molecule has 0 atom stereocenters. The lowest BCUT2D eigenvalue weighted by Gasteiger charge is -2.05. The van der Waals surface area contributed by atoms with Gasteiger partial charge in [-0.15, -0.1) is 0 Å². The zero-order chi connectivity index (χ0) is 13.8. The third-order valence-electron chi connectivity index (χ3n) is 2.48. The lowest BCUT2D eigenvalue weighted by molar-refractivity contribution is -0.384. The second-order valence-electron chi connectivity index (χ2n) is 3.76. The van der Waals surface area contributed by atoms with Gasteiger partial charge in [-0.3, -0.25) is 10.1 Å². The molecule has 0 radical (unpaired) electrons. The normalized spacial score (nSPS) is 10.4. The highest BCUT2D eigenvalue weighted by Gasteiger charge is 2.06. The fraction of sp³-hybridized carbons (Fsp3) is 0.0769. The molecule has 0 heterocycles. The van der Waals surface area contributed by atoms with Gasteiger partial charge in [-0.25, -0.2) is 0 Å². The average molecular weight is 340 g/mol. The van der Waals surface area contributed by atoms with Crippen molar-refractivity contribution in [2.24, 2.45) is 0 Å². The summed E-state index contributed by atoms with van der Waals surface area (Å²) in [6.07, 6.45) is 0. The van der Waals surface area contributed by atoms with Crippen molar-refractivity contribution in [3.8, 4) is 0 Å². The van der Waals surface area contributed by atoms with Gasteiger partial charge < -0.3 is 5.11 Å². The van der Waals surface area contributed by atoms with Crippen molar-refractivity contribution < 1.29 is 10.0 Å². The van der Waals surface area contributed by atoms with Gasteiger partial charge >= 0.3 is 0 Å². The molecule has 0 saturated carbocycles. The molecule has 0 aromatic heterocycles. The van der Waals surface area contributed by atoms with Crippen molar-refractivity contribution in [3.63, 3.8) is 0 Å². The van der Waals surface area contributed by atoms with Gasteiger partial charge in [-0.2, -0.15) is 0 Å². The minimum absolute atomic E-state index is 0.0109. The van der Waals surface area contributed by atoms with E-state index in [1.165, 1.54) is 23.9 Å². The van der Waals surface area contributed by atoms with Crippen LogP contribution in [0.3, 0.4) is 0 Å². The van der Waals surface area contributed by atoms with Gasteiger partial charge in [0.15, 0.2) is 0 Å². The first kappa shape index (κ1) is 14.0. The number of hydrogen-bond acceptors (Lipinski definition) is 4. The summed E-state index contributed by atoms with van der Waals surface area (Å²) in [4.78, 5) is 12.1. The molecule has 2 rings (SSSR count). The molecule has 0 spiro atoms. The highest BCUT2D eigenvalue weighted by molar-refractivity contribution is 9.10. The third kappa shape index (κ3) is 3.56. The maximum Gasteiger partial charge on any atom is 0.269 e.